The molecular weight excluding hydrogens is 459 g/mol. The minimum atomic E-state index is -1.25. The Hall–Kier alpha value is -3.53. The van der Waals surface area contributed by atoms with Crippen molar-refractivity contribution in [1.82, 2.24) is 19.8 Å². The van der Waals surface area contributed by atoms with Gasteiger partial charge in [0.15, 0.2) is 11.4 Å². The Labute approximate surface area is 199 Å². The second-order valence-corrected chi connectivity index (χ2v) is 9.87. The average molecular weight is 485 g/mol. The number of fused-ring (bicyclic) bond motifs is 1. The topological polar surface area (TPSA) is 105 Å². The molecule has 0 unspecified atom stereocenters. The van der Waals surface area contributed by atoms with Crippen molar-refractivity contribution in [2.45, 2.75) is 38.8 Å². The van der Waals surface area contributed by atoms with E-state index in [9.17, 15) is 23.9 Å². The lowest BCUT2D eigenvalue weighted by Crippen LogP contribution is -2.60. The first-order chi connectivity index (χ1) is 16.1. The highest BCUT2D eigenvalue weighted by Gasteiger charge is 2.46. The van der Waals surface area contributed by atoms with E-state index in [1.165, 1.54) is 46.2 Å². The van der Waals surface area contributed by atoms with Gasteiger partial charge < -0.3 is 19.9 Å². The molecule has 3 aromatic rings. The first kappa shape index (κ1) is 23.6. The van der Waals surface area contributed by atoms with Gasteiger partial charge >= 0.3 is 0 Å². The molecule has 0 saturated heterocycles. The molecule has 2 amide bonds. The van der Waals surface area contributed by atoms with Crippen LogP contribution in [0.3, 0.4) is 0 Å². The molecule has 1 aromatic carbocycles. The predicted octanol–water partition coefficient (Wildman–Crippen LogP) is 2.73. The molecule has 2 aromatic heterocycles. The van der Waals surface area contributed by atoms with Crippen LogP contribution >= 0.6 is 11.3 Å². The maximum atomic E-state index is 13.2. The Bertz CT molecular complexity index is 1330. The fraction of sp³-hybridized carbons (Fsp3) is 0.333. The summed E-state index contributed by atoms with van der Waals surface area (Å²) in [4.78, 5) is 45.8. The van der Waals surface area contributed by atoms with Crippen LogP contribution in [0.1, 0.15) is 41.7 Å². The van der Waals surface area contributed by atoms with Crippen molar-refractivity contribution in [1.29, 1.82) is 0 Å². The molecule has 1 atom stereocenters. The number of pyridine rings is 1. The van der Waals surface area contributed by atoms with Gasteiger partial charge in [0.2, 0.25) is 11.3 Å². The lowest BCUT2D eigenvalue weighted by atomic mass is 9.93. The Morgan fingerprint density at radius 1 is 1.29 bits per heavy atom. The molecular formula is C24H25FN4O4S. The van der Waals surface area contributed by atoms with Crippen molar-refractivity contribution < 1.29 is 19.1 Å². The van der Waals surface area contributed by atoms with Gasteiger partial charge in [-0.05, 0) is 38.5 Å². The summed E-state index contributed by atoms with van der Waals surface area (Å²) >= 11 is 1.25. The highest BCUT2D eigenvalue weighted by atomic mass is 32.1. The third-order valence-corrected chi connectivity index (χ3v) is 7.10. The second-order valence-electron chi connectivity index (χ2n) is 8.75. The number of amides is 2. The van der Waals surface area contributed by atoms with Crippen molar-refractivity contribution in [2.24, 2.45) is 0 Å². The van der Waals surface area contributed by atoms with E-state index in [1.807, 2.05) is 0 Å². The molecule has 0 saturated carbocycles. The number of thiazole rings is 1. The normalized spacial score (nSPS) is 17.7. The fourth-order valence-electron chi connectivity index (χ4n) is 4.15. The molecule has 3 heterocycles. The van der Waals surface area contributed by atoms with E-state index < -0.39 is 22.6 Å². The minimum absolute atomic E-state index is 0.0750. The number of halogens is 1. The van der Waals surface area contributed by atoms with Crippen LogP contribution in [-0.2, 0) is 16.8 Å². The number of hydrogen-bond acceptors (Lipinski definition) is 6. The van der Waals surface area contributed by atoms with Gasteiger partial charge in [-0.25, -0.2) is 9.37 Å². The quantitative estimate of drug-likeness (QED) is 0.580. The number of carbonyl (C=O) groups excluding carboxylic acids is 2. The van der Waals surface area contributed by atoms with E-state index in [1.54, 1.807) is 39.1 Å². The Balaban J connectivity index is 1.82. The number of aromatic nitrogens is 2. The lowest BCUT2D eigenvalue weighted by molar-refractivity contribution is -0.130. The summed E-state index contributed by atoms with van der Waals surface area (Å²) in [6.45, 7) is 5.34. The minimum Gasteiger partial charge on any atom is -0.503 e. The van der Waals surface area contributed by atoms with Gasteiger partial charge in [0.05, 0.1) is 12.1 Å². The molecule has 178 valence electrons. The SMILES string of the molecule is CNC(=O)[C@]1(C)CN(C(C)C)C(=O)c2c(O)c(=O)c(-c3ncc(Cc4ccc(F)cc4)s3)cn21. The summed E-state index contributed by atoms with van der Waals surface area (Å²) in [6.07, 6.45) is 3.55. The summed E-state index contributed by atoms with van der Waals surface area (Å²) in [5.74, 6) is -1.92. The van der Waals surface area contributed by atoms with Gasteiger partial charge in [-0.1, -0.05) is 12.1 Å². The van der Waals surface area contributed by atoms with E-state index >= 15 is 0 Å². The lowest BCUT2D eigenvalue weighted by Gasteiger charge is -2.43. The Morgan fingerprint density at radius 2 is 1.97 bits per heavy atom. The van der Waals surface area contributed by atoms with Crippen LogP contribution < -0.4 is 10.7 Å². The number of rotatable bonds is 5. The summed E-state index contributed by atoms with van der Waals surface area (Å²) in [6, 6.07) is 5.86. The van der Waals surface area contributed by atoms with E-state index in [4.69, 9.17) is 0 Å². The number of nitrogens with one attached hydrogen (secondary N) is 1. The highest BCUT2D eigenvalue weighted by molar-refractivity contribution is 7.15. The van der Waals surface area contributed by atoms with E-state index in [0.29, 0.717) is 11.4 Å². The van der Waals surface area contributed by atoms with Gasteiger partial charge in [-0.3, -0.25) is 14.4 Å². The molecule has 10 heteroatoms. The van der Waals surface area contributed by atoms with Crippen LogP contribution in [0.15, 0.2) is 41.5 Å². The van der Waals surface area contributed by atoms with E-state index in [-0.39, 0.29) is 35.6 Å². The molecule has 4 rings (SSSR count). The van der Waals surface area contributed by atoms with Crippen LogP contribution in [0.25, 0.3) is 10.6 Å². The molecule has 34 heavy (non-hydrogen) atoms. The predicted molar refractivity (Wildman–Crippen MR) is 127 cm³/mol. The zero-order valence-electron chi connectivity index (χ0n) is 19.3. The molecule has 1 aliphatic rings. The largest absolute Gasteiger partial charge is 0.503 e. The third-order valence-electron chi connectivity index (χ3n) is 6.07. The number of nitrogens with zero attached hydrogens (tertiary/aromatic N) is 3. The smallest absolute Gasteiger partial charge is 0.274 e. The first-order valence-electron chi connectivity index (χ1n) is 10.8. The molecule has 0 radical (unpaired) electrons. The first-order valence-corrected chi connectivity index (χ1v) is 11.6. The van der Waals surface area contributed by atoms with Crippen molar-refractivity contribution >= 4 is 23.2 Å². The summed E-state index contributed by atoms with van der Waals surface area (Å²) in [5, 5.41) is 13.8. The molecule has 8 nitrogen and oxygen atoms in total. The van der Waals surface area contributed by atoms with Gasteiger partial charge in [0.25, 0.3) is 5.91 Å². The van der Waals surface area contributed by atoms with E-state index in [2.05, 4.69) is 10.3 Å². The molecule has 2 N–H and O–H groups in total. The van der Waals surface area contributed by atoms with Crippen molar-refractivity contribution in [3.63, 3.8) is 0 Å². The zero-order valence-corrected chi connectivity index (χ0v) is 20.1. The highest BCUT2D eigenvalue weighted by Crippen LogP contribution is 2.35. The number of carbonyl (C=O) groups is 2. The van der Waals surface area contributed by atoms with Crippen LogP contribution in [0.2, 0.25) is 0 Å². The summed E-state index contributed by atoms with van der Waals surface area (Å²) in [7, 11) is 1.50. The van der Waals surface area contributed by atoms with Gasteiger partial charge in [-0.15, -0.1) is 11.3 Å². The maximum Gasteiger partial charge on any atom is 0.274 e. The Morgan fingerprint density at radius 3 is 2.59 bits per heavy atom. The van der Waals surface area contributed by atoms with Crippen molar-refractivity contribution in [3.05, 3.63) is 68.8 Å². The van der Waals surface area contributed by atoms with Crippen LogP contribution in [-0.4, -0.2) is 51.0 Å². The second kappa shape index (κ2) is 8.68. The summed E-state index contributed by atoms with van der Waals surface area (Å²) < 4.78 is 14.6. The van der Waals surface area contributed by atoms with Crippen LogP contribution in [0.4, 0.5) is 4.39 Å². The van der Waals surface area contributed by atoms with Crippen LogP contribution in [0, 0.1) is 5.82 Å². The molecule has 0 aliphatic carbocycles. The third kappa shape index (κ3) is 3.87. The fourth-order valence-corrected chi connectivity index (χ4v) is 5.10. The monoisotopic (exact) mass is 484 g/mol. The molecule has 0 bridgehead atoms. The van der Waals surface area contributed by atoms with Gasteiger partial charge in [0, 0.05) is 36.8 Å². The zero-order chi connectivity index (χ0) is 24.8. The Kier molecular flexibility index (Phi) is 6.03. The molecule has 0 fully saturated rings. The number of hydrogen-bond donors (Lipinski definition) is 2. The molecule has 0 spiro atoms. The van der Waals surface area contributed by atoms with Crippen molar-refractivity contribution in [2.75, 3.05) is 13.6 Å². The van der Waals surface area contributed by atoms with Gasteiger partial charge in [0.1, 0.15) is 16.4 Å². The molecule has 1 aliphatic heterocycles. The summed E-state index contributed by atoms with van der Waals surface area (Å²) in [5.41, 5.74) is -1.23. The average Bonchev–Trinajstić information content (AvgIpc) is 3.26. The number of likely N-dealkylation sites (N-methyl/N-ethyl adjacent to an activating group) is 1. The van der Waals surface area contributed by atoms with Crippen LogP contribution in [0.5, 0.6) is 5.75 Å². The van der Waals surface area contributed by atoms with Crippen molar-refractivity contribution in [3.8, 4) is 16.3 Å². The number of aromatic hydroxyl groups is 1. The van der Waals surface area contributed by atoms with E-state index in [0.717, 1.165) is 10.4 Å². The standard InChI is InChI=1S/C24H25FN4O4S/c1-13(2)28-12-24(3,23(33)26-4)29-11-17(19(30)20(31)18(29)22(28)32)21-27-10-16(34-21)9-14-5-7-15(25)8-6-14/h5-8,10-11,13,31H,9,12H2,1-4H3,(H,26,33)/t24-/m0/s1. The number of benzene rings is 1. The maximum absolute atomic E-state index is 13.2. The van der Waals surface area contributed by atoms with Gasteiger partial charge in [-0.2, -0.15) is 0 Å².